The maximum Gasteiger partial charge on any atom is 0.242 e. The minimum atomic E-state index is -0.991. The van der Waals surface area contributed by atoms with Gasteiger partial charge in [-0.15, -0.1) is 0 Å². The highest BCUT2D eigenvalue weighted by atomic mass is 16.2. The SMILES string of the molecule is CC(C)C(=O)[C@H](CC(N)=O)NC(=O)[C@H](C)NC(=O)[C@H](C)NC(C)(C)C. The Labute approximate surface area is 149 Å². The molecule has 0 aromatic rings. The fourth-order valence-electron chi connectivity index (χ4n) is 2.24. The zero-order valence-electron chi connectivity index (χ0n) is 16.2. The number of nitrogens with two attached hydrogens (primary N) is 1. The molecule has 0 bridgehead atoms. The van der Waals surface area contributed by atoms with Crippen molar-refractivity contribution in [3.63, 3.8) is 0 Å². The first-order valence-electron chi connectivity index (χ1n) is 8.45. The molecule has 8 nitrogen and oxygen atoms in total. The van der Waals surface area contributed by atoms with Crippen molar-refractivity contribution in [2.75, 3.05) is 0 Å². The first kappa shape index (κ1) is 23.0. The van der Waals surface area contributed by atoms with E-state index in [1.54, 1.807) is 20.8 Å². The Balaban J connectivity index is 4.82. The van der Waals surface area contributed by atoms with Crippen LogP contribution in [0.1, 0.15) is 54.9 Å². The summed E-state index contributed by atoms with van der Waals surface area (Å²) >= 11 is 0. The smallest absolute Gasteiger partial charge is 0.242 e. The number of ketones is 1. The minimum absolute atomic E-state index is 0.251. The Bertz CT molecular complexity index is 511. The highest BCUT2D eigenvalue weighted by Gasteiger charge is 2.28. The summed E-state index contributed by atoms with van der Waals surface area (Å²) in [5, 5.41) is 8.19. The lowest BCUT2D eigenvalue weighted by atomic mass is 9.98. The molecule has 144 valence electrons. The number of rotatable bonds is 9. The standard InChI is InChI=1S/C17H32N4O4/c1-9(2)14(23)12(8-13(18)22)20-15(24)10(3)19-16(25)11(4)21-17(5,6)7/h9-12,21H,8H2,1-7H3,(H2,18,22)(H,19,25)(H,20,24)/t10-,11-,12-/m0/s1. The van der Waals surface area contributed by atoms with Crippen molar-refractivity contribution in [3.05, 3.63) is 0 Å². The highest BCUT2D eigenvalue weighted by Crippen LogP contribution is 2.05. The van der Waals surface area contributed by atoms with E-state index in [2.05, 4.69) is 16.0 Å². The highest BCUT2D eigenvalue weighted by molar-refractivity contribution is 5.96. The van der Waals surface area contributed by atoms with Crippen LogP contribution in [-0.4, -0.2) is 47.2 Å². The first-order valence-corrected chi connectivity index (χ1v) is 8.45. The van der Waals surface area contributed by atoms with Crippen molar-refractivity contribution in [2.45, 2.75) is 78.6 Å². The second kappa shape index (κ2) is 9.50. The van der Waals surface area contributed by atoms with E-state index >= 15 is 0 Å². The van der Waals surface area contributed by atoms with Crippen molar-refractivity contribution in [2.24, 2.45) is 11.7 Å². The number of hydrogen-bond acceptors (Lipinski definition) is 5. The maximum atomic E-state index is 12.3. The van der Waals surface area contributed by atoms with Gasteiger partial charge in [-0.1, -0.05) is 13.8 Å². The minimum Gasteiger partial charge on any atom is -0.370 e. The van der Waals surface area contributed by atoms with E-state index in [-0.39, 0.29) is 29.6 Å². The number of nitrogens with one attached hydrogen (secondary N) is 3. The van der Waals surface area contributed by atoms with E-state index < -0.39 is 29.9 Å². The molecule has 0 aromatic carbocycles. The van der Waals surface area contributed by atoms with Crippen molar-refractivity contribution in [3.8, 4) is 0 Å². The normalized spacial score (nSPS) is 15.2. The van der Waals surface area contributed by atoms with E-state index in [0.717, 1.165) is 0 Å². The molecule has 25 heavy (non-hydrogen) atoms. The molecule has 3 amide bonds. The van der Waals surface area contributed by atoms with E-state index in [9.17, 15) is 19.2 Å². The summed E-state index contributed by atoms with van der Waals surface area (Å²) in [5.74, 6) is -2.20. The van der Waals surface area contributed by atoms with Crippen molar-refractivity contribution >= 4 is 23.5 Å². The molecular weight excluding hydrogens is 324 g/mol. The van der Waals surface area contributed by atoms with Gasteiger partial charge in [0.15, 0.2) is 5.78 Å². The molecule has 0 spiro atoms. The molecule has 0 aromatic heterocycles. The van der Waals surface area contributed by atoms with Crippen molar-refractivity contribution in [1.82, 2.24) is 16.0 Å². The van der Waals surface area contributed by atoms with Gasteiger partial charge in [-0.3, -0.25) is 19.2 Å². The Morgan fingerprint density at radius 2 is 1.36 bits per heavy atom. The van der Waals surface area contributed by atoms with Gasteiger partial charge in [0, 0.05) is 11.5 Å². The largest absolute Gasteiger partial charge is 0.370 e. The van der Waals surface area contributed by atoms with Gasteiger partial charge in [0.25, 0.3) is 0 Å². The fraction of sp³-hybridized carbons (Fsp3) is 0.765. The van der Waals surface area contributed by atoms with Gasteiger partial charge in [0.2, 0.25) is 17.7 Å². The van der Waals surface area contributed by atoms with Gasteiger partial charge >= 0.3 is 0 Å². The quantitative estimate of drug-likeness (QED) is 0.456. The summed E-state index contributed by atoms with van der Waals surface area (Å²) in [6, 6.07) is -2.34. The number of primary amides is 1. The number of amides is 3. The van der Waals surface area contributed by atoms with Crippen LogP contribution in [0.2, 0.25) is 0 Å². The molecule has 0 saturated heterocycles. The van der Waals surface area contributed by atoms with Crippen LogP contribution in [0.15, 0.2) is 0 Å². The molecule has 8 heteroatoms. The topological polar surface area (TPSA) is 130 Å². The second-order valence-electron chi connectivity index (χ2n) is 7.63. The lowest BCUT2D eigenvalue weighted by Gasteiger charge is -2.27. The van der Waals surface area contributed by atoms with Gasteiger partial charge < -0.3 is 21.7 Å². The van der Waals surface area contributed by atoms with Crippen molar-refractivity contribution < 1.29 is 19.2 Å². The summed E-state index contributed by atoms with van der Waals surface area (Å²) < 4.78 is 0. The van der Waals surface area contributed by atoms with Gasteiger partial charge in [-0.25, -0.2) is 0 Å². The fourth-order valence-corrected chi connectivity index (χ4v) is 2.24. The average Bonchev–Trinajstić information content (AvgIpc) is 2.42. The Hall–Kier alpha value is -1.96. The molecule has 3 atom stereocenters. The predicted octanol–water partition coefficient (Wildman–Crippen LogP) is -0.147. The molecule has 0 aliphatic carbocycles. The number of Topliss-reactive ketones (excluding diaryl/α,β-unsaturated/α-hetero) is 1. The summed E-state index contributed by atoms with van der Waals surface area (Å²) in [4.78, 5) is 47.6. The van der Waals surface area contributed by atoms with Crippen LogP contribution >= 0.6 is 0 Å². The monoisotopic (exact) mass is 356 g/mol. The van der Waals surface area contributed by atoms with Crippen LogP contribution in [0.25, 0.3) is 0 Å². The summed E-state index contributed by atoms with van der Waals surface area (Å²) in [7, 11) is 0. The van der Waals surface area contributed by atoms with Crippen molar-refractivity contribution in [1.29, 1.82) is 0 Å². The Morgan fingerprint density at radius 3 is 1.76 bits per heavy atom. The van der Waals surface area contributed by atoms with Crippen LogP contribution in [0.5, 0.6) is 0 Å². The molecule has 0 radical (unpaired) electrons. The summed E-state index contributed by atoms with van der Waals surface area (Å²) in [6.07, 6.45) is -0.272. The zero-order valence-corrected chi connectivity index (χ0v) is 16.2. The maximum absolute atomic E-state index is 12.3. The third-order valence-corrected chi connectivity index (χ3v) is 3.43. The van der Waals surface area contributed by atoms with E-state index in [4.69, 9.17) is 5.73 Å². The molecule has 0 aliphatic heterocycles. The molecule has 0 rings (SSSR count). The van der Waals surface area contributed by atoms with Gasteiger partial charge in [-0.2, -0.15) is 0 Å². The van der Waals surface area contributed by atoms with E-state index in [1.165, 1.54) is 6.92 Å². The molecule has 0 fully saturated rings. The molecule has 0 aliphatic rings. The van der Waals surface area contributed by atoms with Crippen LogP contribution in [0.3, 0.4) is 0 Å². The number of hydrogen-bond donors (Lipinski definition) is 4. The number of carbonyl (C=O) groups excluding carboxylic acids is 4. The van der Waals surface area contributed by atoms with E-state index in [1.807, 2.05) is 20.8 Å². The summed E-state index contributed by atoms with van der Waals surface area (Å²) in [6.45, 7) is 12.3. The van der Waals surface area contributed by atoms with Crippen LogP contribution in [0, 0.1) is 5.92 Å². The third kappa shape index (κ3) is 9.19. The average molecular weight is 356 g/mol. The zero-order chi connectivity index (χ0) is 19.9. The van der Waals surface area contributed by atoms with Gasteiger partial charge in [0.05, 0.1) is 18.5 Å². The third-order valence-electron chi connectivity index (χ3n) is 3.43. The van der Waals surface area contributed by atoms with Crippen LogP contribution in [-0.2, 0) is 19.2 Å². The Morgan fingerprint density at radius 1 is 0.880 bits per heavy atom. The van der Waals surface area contributed by atoms with Crippen LogP contribution < -0.4 is 21.7 Å². The second-order valence-corrected chi connectivity index (χ2v) is 7.63. The van der Waals surface area contributed by atoms with Crippen LogP contribution in [0.4, 0.5) is 0 Å². The molecule has 0 saturated carbocycles. The molecular formula is C17H32N4O4. The summed E-state index contributed by atoms with van der Waals surface area (Å²) in [5.41, 5.74) is 4.89. The predicted molar refractivity (Wildman–Crippen MR) is 95.5 cm³/mol. The first-order chi connectivity index (χ1) is 11.2. The Kier molecular flexibility index (Phi) is 8.76. The van der Waals surface area contributed by atoms with Gasteiger partial charge in [0.1, 0.15) is 6.04 Å². The van der Waals surface area contributed by atoms with E-state index in [0.29, 0.717) is 0 Å². The molecule has 0 heterocycles. The van der Waals surface area contributed by atoms with Gasteiger partial charge in [-0.05, 0) is 34.6 Å². The lowest BCUT2D eigenvalue weighted by Crippen LogP contribution is -2.56. The number of carbonyl (C=O) groups is 4. The lowest BCUT2D eigenvalue weighted by molar-refractivity contribution is -0.133. The molecule has 5 N–H and O–H groups in total. The molecule has 0 unspecified atom stereocenters.